The van der Waals surface area contributed by atoms with E-state index >= 15 is 0 Å². The van der Waals surface area contributed by atoms with E-state index in [4.69, 9.17) is 4.74 Å². The molecule has 1 unspecified atom stereocenters. The number of ether oxygens (including phenoxy) is 1. The number of benzene rings is 2. The van der Waals surface area contributed by atoms with Crippen LogP contribution >= 0.6 is 0 Å². The Morgan fingerprint density at radius 1 is 1.05 bits per heavy atom. The van der Waals surface area contributed by atoms with Crippen molar-refractivity contribution in [2.75, 3.05) is 7.11 Å². The van der Waals surface area contributed by atoms with Crippen LogP contribution in [-0.4, -0.2) is 13.0 Å². The van der Waals surface area contributed by atoms with Crippen molar-refractivity contribution in [2.24, 2.45) is 0 Å². The highest BCUT2D eigenvalue weighted by Gasteiger charge is 2.12. The second-order valence-corrected chi connectivity index (χ2v) is 5.27. The minimum Gasteiger partial charge on any atom is -0.497 e. The zero-order chi connectivity index (χ0) is 15.4. The van der Waals surface area contributed by atoms with Gasteiger partial charge in [0.2, 0.25) is 0 Å². The Hall–Kier alpha value is -2.29. The van der Waals surface area contributed by atoms with Gasteiger partial charge < -0.3 is 10.1 Å². The molecule has 1 N–H and O–H groups in total. The monoisotopic (exact) mass is 283 g/mol. The quantitative estimate of drug-likeness (QED) is 0.926. The van der Waals surface area contributed by atoms with Crippen LogP contribution in [0.1, 0.15) is 40.0 Å². The minimum absolute atomic E-state index is 0.0509. The van der Waals surface area contributed by atoms with Gasteiger partial charge in [-0.05, 0) is 61.7 Å². The molecule has 0 aliphatic carbocycles. The van der Waals surface area contributed by atoms with Gasteiger partial charge in [-0.1, -0.05) is 18.2 Å². The summed E-state index contributed by atoms with van der Waals surface area (Å²) in [6.07, 6.45) is 0. The number of carbonyl (C=O) groups is 1. The highest BCUT2D eigenvalue weighted by Crippen LogP contribution is 2.18. The molecular formula is C18H21NO2. The highest BCUT2D eigenvalue weighted by atomic mass is 16.5. The maximum atomic E-state index is 12.3. The molecule has 0 aromatic heterocycles. The lowest BCUT2D eigenvalue weighted by Crippen LogP contribution is -2.26. The van der Waals surface area contributed by atoms with Gasteiger partial charge in [0.25, 0.3) is 5.91 Å². The van der Waals surface area contributed by atoms with Gasteiger partial charge in [-0.2, -0.15) is 0 Å². The number of carbonyl (C=O) groups excluding carboxylic acids is 1. The lowest BCUT2D eigenvalue weighted by Gasteiger charge is -2.15. The first-order valence-corrected chi connectivity index (χ1v) is 7.03. The molecule has 2 rings (SSSR count). The molecule has 0 bridgehead atoms. The molecule has 0 radical (unpaired) electrons. The number of rotatable bonds is 4. The van der Waals surface area contributed by atoms with Crippen molar-refractivity contribution < 1.29 is 9.53 Å². The van der Waals surface area contributed by atoms with Crippen LogP contribution in [0.3, 0.4) is 0 Å². The van der Waals surface area contributed by atoms with Gasteiger partial charge in [0.1, 0.15) is 5.75 Å². The van der Waals surface area contributed by atoms with Gasteiger partial charge >= 0.3 is 0 Å². The Labute approximate surface area is 126 Å². The van der Waals surface area contributed by atoms with Crippen LogP contribution in [0.5, 0.6) is 5.75 Å². The molecule has 21 heavy (non-hydrogen) atoms. The zero-order valence-electron chi connectivity index (χ0n) is 12.9. The summed E-state index contributed by atoms with van der Waals surface area (Å²) in [6.45, 7) is 6.02. The smallest absolute Gasteiger partial charge is 0.251 e. The van der Waals surface area contributed by atoms with Gasteiger partial charge in [-0.15, -0.1) is 0 Å². The number of amides is 1. The van der Waals surface area contributed by atoms with Crippen LogP contribution in [0.2, 0.25) is 0 Å². The van der Waals surface area contributed by atoms with E-state index in [0.29, 0.717) is 5.56 Å². The number of aryl methyl sites for hydroxylation is 2. The van der Waals surface area contributed by atoms with E-state index in [1.165, 1.54) is 5.56 Å². The Morgan fingerprint density at radius 3 is 2.29 bits per heavy atom. The van der Waals surface area contributed by atoms with Crippen LogP contribution in [0.25, 0.3) is 0 Å². The molecule has 0 fully saturated rings. The van der Waals surface area contributed by atoms with Crippen LogP contribution in [0, 0.1) is 13.8 Å². The topological polar surface area (TPSA) is 38.3 Å². The van der Waals surface area contributed by atoms with Crippen molar-refractivity contribution in [2.45, 2.75) is 26.8 Å². The molecule has 2 aromatic rings. The molecule has 0 spiro atoms. The fraction of sp³-hybridized carbons (Fsp3) is 0.278. The molecule has 1 amide bonds. The van der Waals surface area contributed by atoms with Crippen molar-refractivity contribution in [1.29, 1.82) is 0 Å². The van der Waals surface area contributed by atoms with Crippen molar-refractivity contribution in [1.82, 2.24) is 5.32 Å². The maximum Gasteiger partial charge on any atom is 0.251 e. The van der Waals surface area contributed by atoms with Gasteiger partial charge in [-0.3, -0.25) is 4.79 Å². The number of nitrogens with one attached hydrogen (secondary N) is 1. The molecule has 0 aliphatic rings. The van der Waals surface area contributed by atoms with E-state index in [9.17, 15) is 4.79 Å². The third-order valence-corrected chi connectivity index (χ3v) is 3.73. The molecular weight excluding hydrogens is 262 g/mol. The standard InChI is InChI=1S/C18H21NO2/c1-12-5-6-16(11-13(12)2)18(20)19-14(3)15-7-9-17(21-4)10-8-15/h5-11,14H,1-4H3,(H,19,20). The average molecular weight is 283 g/mol. The van der Waals surface area contributed by atoms with Gasteiger partial charge in [0.15, 0.2) is 0 Å². The van der Waals surface area contributed by atoms with E-state index in [1.54, 1.807) is 7.11 Å². The van der Waals surface area contributed by atoms with Crippen LogP contribution in [-0.2, 0) is 0 Å². The normalized spacial score (nSPS) is 11.8. The summed E-state index contributed by atoms with van der Waals surface area (Å²) in [5, 5.41) is 3.02. The molecule has 0 heterocycles. The summed E-state index contributed by atoms with van der Waals surface area (Å²) >= 11 is 0. The Bertz CT molecular complexity index is 632. The number of methoxy groups -OCH3 is 1. The van der Waals surface area contributed by atoms with Gasteiger partial charge in [0.05, 0.1) is 13.2 Å². The summed E-state index contributed by atoms with van der Waals surface area (Å²) in [5.74, 6) is 0.757. The molecule has 0 saturated carbocycles. The summed E-state index contributed by atoms with van der Waals surface area (Å²) < 4.78 is 5.14. The van der Waals surface area contributed by atoms with E-state index in [-0.39, 0.29) is 11.9 Å². The second-order valence-electron chi connectivity index (χ2n) is 5.27. The predicted molar refractivity (Wildman–Crippen MR) is 84.8 cm³/mol. The summed E-state index contributed by atoms with van der Waals surface area (Å²) in [6, 6.07) is 13.4. The van der Waals surface area contributed by atoms with E-state index < -0.39 is 0 Å². The molecule has 3 heteroatoms. The van der Waals surface area contributed by atoms with Crippen molar-refractivity contribution in [3.05, 3.63) is 64.7 Å². The highest BCUT2D eigenvalue weighted by molar-refractivity contribution is 5.94. The van der Waals surface area contributed by atoms with E-state index in [2.05, 4.69) is 5.32 Å². The molecule has 110 valence electrons. The molecule has 3 nitrogen and oxygen atoms in total. The lowest BCUT2D eigenvalue weighted by molar-refractivity contribution is 0.0940. The average Bonchev–Trinajstić information content (AvgIpc) is 2.50. The Morgan fingerprint density at radius 2 is 1.71 bits per heavy atom. The first-order valence-electron chi connectivity index (χ1n) is 7.03. The van der Waals surface area contributed by atoms with Crippen LogP contribution in [0.4, 0.5) is 0 Å². The largest absolute Gasteiger partial charge is 0.497 e. The fourth-order valence-electron chi connectivity index (χ4n) is 2.14. The Kier molecular flexibility index (Phi) is 4.63. The second kappa shape index (κ2) is 6.44. The molecule has 1 atom stereocenters. The third kappa shape index (κ3) is 3.63. The summed E-state index contributed by atoms with van der Waals surface area (Å²) in [7, 11) is 1.64. The van der Waals surface area contributed by atoms with Crippen molar-refractivity contribution in [3.8, 4) is 5.75 Å². The van der Waals surface area contributed by atoms with Gasteiger partial charge in [-0.25, -0.2) is 0 Å². The first-order chi connectivity index (χ1) is 10.0. The number of hydrogen-bond acceptors (Lipinski definition) is 2. The third-order valence-electron chi connectivity index (χ3n) is 3.73. The minimum atomic E-state index is -0.0542. The molecule has 0 aliphatic heterocycles. The SMILES string of the molecule is COc1ccc(C(C)NC(=O)c2ccc(C)c(C)c2)cc1. The van der Waals surface area contributed by atoms with Gasteiger partial charge in [0, 0.05) is 5.56 Å². The molecule has 0 saturated heterocycles. The first kappa shape index (κ1) is 15.1. The zero-order valence-corrected chi connectivity index (χ0v) is 12.9. The van der Waals surface area contributed by atoms with E-state index in [1.807, 2.05) is 63.2 Å². The summed E-state index contributed by atoms with van der Waals surface area (Å²) in [4.78, 5) is 12.3. The summed E-state index contributed by atoms with van der Waals surface area (Å²) in [5.41, 5.74) is 4.06. The van der Waals surface area contributed by atoms with Crippen LogP contribution in [0.15, 0.2) is 42.5 Å². The fourth-order valence-corrected chi connectivity index (χ4v) is 2.14. The lowest BCUT2D eigenvalue weighted by atomic mass is 10.0. The number of hydrogen-bond donors (Lipinski definition) is 1. The van der Waals surface area contributed by atoms with Crippen molar-refractivity contribution >= 4 is 5.91 Å². The van der Waals surface area contributed by atoms with Crippen LogP contribution < -0.4 is 10.1 Å². The predicted octanol–water partition coefficient (Wildman–Crippen LogP) is 3.80. The maximum absolute atomic E-state index is 12.3. The van der Waals surface area contributed by atoms with E-state index in [0.717, 1.165) is 16.9 Å². The van der Waals surface area contributed by atoms with Crippen molar-refractivity contribution in [3.63, 3.8) is 0 Å². The molecule has 2 aromatic carbocycles. The Balaban J connectivity index is 2.08.